The summed E-state index contributed by atoms with van der Waals surface area (Å²) in [4.78, 5) is 4.53. The summed E-state index contributed by atoms with van der Waals surface area (Å²) in [7, 11) is 0. The number of nitrogens with one attached hydrogen (secondary N) is 2. The van der Waals surface area contributed by atoms with Gasteiger partial charge in [0.25, 0.3) is 0 Å². The summed E-state index contributed by atoms with van der Waals surface area (Å²) in [5.74, 6) is 2.85. The second-order valence-corrected chi connectivity index (χ2v) is 6.97. The molecule has 1 heterocycles. The summed E-state index contributed by atoms with van der Waals surface area (Å²) in [5, 5.41) is 17.2. The van der Waals surface area contributed by atoms with Crippen molar-refractivity contribution in [2.75, 3.05) is 19.6 Å². The molecule has 0 spiro atoms. The molecule has 0 amide bonds. The molecule has 1 aromatic heterocycles. The molecule has 3 unspecified atom stereocenters. The van der Waals surface area contributed by atoms with Crippen molar-refractivity contribution in [3.8, 4) is 0 Å². The second-order valence-electron chi connectivity index (χ2n) is 6.97. The zero-order valence-corrected chi connectivity index (χ0v) is 14.6. The van der Waals surface area contributed by atoms with Crippen molar-refractivity contribution in [2.24, 2.45) is 16.8 Å². The van der Waals surface area contributed by atoms with Crippen LogP contribution in [0.25, 0.3) is 0 Å². The Kier molecular flexibility index (Phi) is 6.51. The van der Waals surface area contributed by atoms with Gasteiger partial charge in [0.15, 0.2) is 5.96 Å². The van der Waals surface area contributed by atoms with E-state index in [1.807, 2.05) is 6.92 Å². The van der Waals surface area contributed by atoms with Crippen molar-refractivity contribution in [1.82, 2.24) is 10.6 Å². The number of aliphatic imine (C=N–C) groups is 1. The Balaban J connectivity index is 1.89. The summed E-state index contributed by atoms with van der Waals surface area (Å²) in [6.45, 7) is 8.12. The summed E-state index contributed by atoms with van der Waals surface area (Å²) < 4.78 is 5.30. The van der Waals surface area contributed by atoms with E-state index in [1.54, 1.807) is 25.3 Å². The Hall–Kier alpha value is -1.49. The molecule has 2 rings (SSSR count). The first kappa shape index (κ1) is 17.9. The van der Waals surface area contributed by atoms with Crippen molar-refractivity contribution < 1.29 is 9.52 Å². The Morgan fingerprint density at radius 2 is 2.26 bits per heavy atom. The van der Waals surface area contributed by atoms with Crippen LogP contribution in [0.5, 0.6) is 0 Å². The van der Waals surface area contributed by atoms with E-state index in [0.717, 1.165) is 25.0 Å². The molecular weight excluding hydrogens is 290 g/mol. The molecule has 0 saturated heterocycles. The lowest BCUT2D eigenvalue weighted by Gasteiger charge is -2.27. The van der Waals surface area contributed by atoms with Gasteiger partial charge >= 0.3 is 0 Å². The minimum Gasteiger partial charge on any atom is -0.466 e. The Morgan fingerprint density at radius 1 is 1.43 bits per heavy atom. The van der Waals surface area contributed by atoms with Gasteiger partial charge in [0.1, 0.15) is 11.4 Å². The summed E-state index contributed by atoms with van der Waals surface area (Å²) >= 11 is 0. The molecule has 1 fully saturated rings. The highest BCUT2D eigenvalue weighted by Gasteiger charge is 2.26. The normalized spacial score (nSPS) is 25.0. The summed E-state index contributed by atoms with van der Waals surface area (Å²) in [5.41, 5.74) is -1.09. The van der Waals surface area contributed by atoms with Crippen LogP contribution in [-0.2, 0) is 5.60 Å². The van der Waals surface area contributed by atoms with Crippen LogP contribution in [0.15, 0.2) is 27.8 Å². The highest BCUT2D eigenvalue weighted by molar-refractivity contribution is 5.79. The highest BCUT2D eigenvalue weighted by Crippen LogP contribution is 2.27. The average Bonchev–Trinajstić information content (AvgIpc) is 3.05. The number of furan rings is 1. The summed E-state index contributed by atoms with van der Waals surface area (Å²) in [6, 6.07) is 3.56. The Labute approximate surface area is 139 Å². The quantitative estimate of drug-likeness (QED) is 0.556. The molecule has 0 bridgehead atoms. The SMILES string of the molecule is CCNC(=NCC(C)(O)c1ccco1)NCC1CCCC(C)C1. The lowest BCUT2D eigenvalue weighted by molar-refractivity contribution is 0.0437. The van der Waals surface area contributed by atoms with Gasteiger partial charge in [-0.1, -0.05) is 19.8 Å². The number of aliphatic hydroxyl groups is 1. The third kappa shape index (κ3) is 5.57. The largest absolute Gasteiger partial charge is 0.466 e. The lowest BCUT2D eigenvalue weighted by atomic mass is 9.82. The van der Waals surface area contributed by atoms with Crippen LogP contribution in [-0.4, -0.2) is 30.7 Å². The van der Waals surface area contributed by atoms with Gasteiger partial charge in [0.2, 0.25) is 0 Å². The first-order valence-corrected chi connectivity index (χ1v) is 8.79. The highest BCUT2D eigenvalue weighted by atomic mass is 16.4. The second kappa shape index (κ2) is 8.39. The standard InChI is InChI=1S/C18H31N3O2/c1-4-19-17(20-12-15-8-5-7-14(2)11-15)21-13-18(3,22)16-9-6-10-23-16/h6,9-10,14-15,22H,4-5,7-8,11-13H2,1-3H3,(H2,19,20,21). The van der Waals surface area contributed by atoms with Gasteiger partial charge in [0.05, 0.1) is 12.8 Å². The third-order valence-corrected chi connectivity index (χ3v) is 4.54. The molecule has 3 N–H and O–H groups in total. The first-order chi connectivity index (χ1) is 11.0. The molecule has 3 atom stereocenters. The topological polar surface area (TPSA) is 69.8 Å². The molecule has 1 aromatic rings. The monoisotopic (exact) mass is 321 g/mol. The molecular formula is C18H31N3O2. The smallest absolute Gasteiger partial charge is 0.191 e. The van der Waals surface area contributed by atoms with Crippen molar-refractivity contribution in [1.29, 1.82) is 0 Å². The van der Waals surface area contributed by atoms with Crippen molar-refractivity contribution in [3.05, 3.63) is 24.2 Å². The van der Waals surface area contributed by atoms with Crippen molar-refractivity contribution >= 4 is 5.96 Å². The van der Waals surface area contributed by atoms with Crippen LogP contribution in [0, 0.1) is 11.8 Å². The fraction of sp³-hybridized carbons (Fsp3) is 0.722. The number of nitrogens with zero attached hydrogens (tertiary/aromatic N) is 1. The van der Waals surface area contributed by atoms with E-state index in [2.05, 4.69) is 22.5 Å². The van der Waals surface area contributed by atoms with Crippen molar-refractivity contribution in [3.63, 3.8) is 0 Å². The van der Waals surface area contributed by atoms with E-state index in [-0.39, 0.29) is 6.54 Å². The van der Waals surface area contributed by atoms with Gasteiger partial charge in [0, 0.05) is 13.1 Å². The predicted octanol–water partition coefficient (Wildman–Crippen LogP) is 2.87. The van der Waals surface area contributed by atoms with Gasteiger partial charge in [-0.2, -0.15) is 0 Å². The minimum atomic E-state index is -1.09. The van der Waals surface area contributed by atoms with Crippen LogP contribution >= 0.6 is 0 Å². The molecule has 5 nitrogen and oxygen atoms in total. The van der Waals surface area contributed by atoms with Crippen LogP contribution in [0.4, 0.5) is 0 Å². The molecule has 1 saturated carbocycles. The number of hydrogen-bond donors (Lipinski definition) is 3. The lowest BCUT2D eigenvalue weighted by Crippen LogP contribution is -2.41. The predicted molar refractivity (Wildman–Crippen MR) is 93.4 cm³/mol. The summed E-state index contributed by atoms with van der Waals surface area (Å²) in [6.07, 6.45) is 6.84. The maximum atomic E-state index is 10.5. The Morgan fingerprint density at radius 3 is 2.91 bits per heavy atom. The van der Waals surface area contributed by atoms with E-state index in [1.165, 1.54) is 25.7 Å². The maximum Gasteiger partial charge on any atom is 0.191 e. The van der Waals surface area contributed by atoms with Gasteiger partial charge in [-0.15, -0.1) is 0 Å². The third-order valence-electron chi connectivity index (χ3n) is 4.54. The molecule has 0 radical (unpaired) electrons. The molecule has 1 aliphatic carbocycles. The molecule has 5 heteroatoms. The number of guanidine groups is 1. The zero-order valence-electron chi connectivity index (χ0n) is 14.6. The van der Waals surface area contributed by atoms with Crippen molar-refractivity contribution in [2.45, 2.75) is 52.1 Å². The van der Waals surface area contributed by atoms with E-state index < -0.39 is 5.60 Å². The zero-order chi connectivity index (χ0) is 16.7. The van der Waals surface area contributed by atoms with Crippen LogP contribution in [0.1, 0.15) is 52.2 Å². The fourth-order valence-corrected chi connectivity index (χ4v) is 3.22. The molecule has 130 valence electrons. The van der Waals surface area contributed by atoms with Gasteiger partial charge in [-0.05, 0) is 50.7 Å². The van der Waals surface area contributed by atoms with Gasteiger partial charge in [-0.25, -0.2) is 4.99 Å². The van der Waals surface area contributed by atoms with Gasteiger partial charge in [-0.3, -0.25) is 0 Å². The maximum absolute atomic E-state index is 10.5. The molecule has 0 aliphatic heterocycles. The van der Waals surface area contributed by atoms with Crippen LogP contribution in [0.3, 0.4) is 0 Å². The Bertz CT molecular complexity index is 482. The molecule has 0 aromatic carbocycles. The van der Waals surface area contributed by atoms with E-state index in [0.29, 0.717) is 11.7 Å². The molecule has 1 aliphatic rings. The molecule has 23 heavy (non-hydrogen) atoms. The first-order valence-electron chi connectivity index (χ1n) is 8.79. The number of hydrogen-bond acceptors (Lipinski definition) is 3. The number of rotatable bonds is 6. The van der Waals surface area contributed by atoms with Gasteiger partial charge < -0.3 is 20.2 Å². The van der Waals surface area contributed by atoms with E-state index in [9.17, 15) is 5.11 Å². The van der Waals surface area contributed by atoms with Crippen LogP contribution < -0.4 is 10.6 Å². The average molecular weight is 321 g/mol. The van der Waals surface area contributed by atoms with E-state index in [4.69, 9.17) is 4.42 Å². The fourth-order valence-electron chi connectivity index (χ4n) is 3.22. The minimum absolute atomic E-state index is 0.261. The van der Waals surface area contributed by atoms with E-state index >= 15 is 0 Å². The van der Waals surface area contributed by atoms with Crippen LogP contribution in [0.2, 0.25) is 0 Å².